The van der Waals surface area contributed by atoms with Crippen molar-refractivity contribution < 1.29 is 0 Å². The molecule has 118 valence electrons. The highest BCUT2D eigenvalue weighted by Crippen LogP contribution is 2.21. The number of hydrogen-bond donors (Lipinski definition) is 2. The summed E-state index contributed by atoms with van der Waals surface area (Å²) in [6.45, 7) is 2.13. The fourth-order valence-electron chi connectivity index (χ4n) is 2.57. The lowest BCUT2D eigenvalue weighted by Gasteiger charge is -1.98. The van der Waals surface area contributed by atoms with Gasteiger partial charge in [0.25, 0.3) is 5.95 Å². The number of nitrogens with zero attached hydrogens (tertiary/aromatic N) is 4. The van der Waals surface area contributed by atoms with E-state index in [0.29, 0.717) is 11.6 Å². The normalized spacial score (nSPS) is 11.5. The molecule has 4 rings (SSSR count). The van der Waals surface area contributed by atoms with E-state index in [2.05, 4.69) is 49.7 Å². The molecule has 0 saturated carbocycles. The molecule has 0 fully saturated rings. The van der Waals surface area contributed by atoms with Gasteiger partial charge in [0.15, 0.2) is 5.65 Å². The van der Waals surface area contributed by atoms with Crippen LogP contribution in [-0.4, -0.2) is 26.4 Å². The van der Waals surface area contributed by atoms with Crippen LogP contribution in [0.4, 0.5) is 5.95 Å². The van der Waals surface area contributed by atoms with Gasteiger partial charge in [0.1, 0.15) is 5.52 Å². The van der Waals surface area contributed by atoms with Crippen LogP contribution in [-0.2, 0) is 6.42 Å². The Balaban J connectivity index is 1.55. The zero-order valence-corrected chi connectivity index (χ0v) is 13.2. The molecule has 6 heteroatoms. The molecule has 0 unspecified atom stereocenters. The lowest BCUT2D eigenvalue weighted by Crippen LogP contribution is -1.99. The number of rotatable bonds is 4. The maximum absolute atomic E-state index is 4.42. The van der Waals surface area contributed by atoms with E-state index in [1.807, 2.05) is 36.4 Å². The number of para-hydroxylation sites is 1. The van der Waals surface area contributed by atoms with E-state index in [1.54, 1.807) is 6.21 Å². The number of benzene rings is 2. The number of anilines is 1. The summed E-state index contributed by atoms with van der Waals surface area (Å²) in [6.07, 6.45) is 2.76. The van der Waals surface area contributed by atoms with E-state index in [9.17, 15) is 0 Å². The maximum atomic E-state index is 4.42. The summed E-state index contributed by atoms with van der Waals surface area (Å²) in [5.41, 5.74) is 7.58. The van der Waals surface area contributed by atoms with Gasteiger partial charge in [-0.3, -0.25) is 0 Å². The second-order valence-corrected chi connectivity index (χ2v) is 5.47. The van der Waals surface area contributed by atoms with E-state index in [4.69, 9.17) is 0 Å². The summed E-state index contributed by atoms with van der Waals surface area (Å²) >= 11 is 0. The van der Waals surface area contributed by atoms with Gasteiger partial charge in [-0.05, 0) is 23.6 Å². The van der Waals surface area contributed by atoms with Crippen molar-refractivity contribution in [3.63, 3.8) is 0 Å². The van der Waals surface area contributed by atoms with Crippen LogP contribution in [0.15, 0.2) is 53.6 Å². The Bertz CT molecular complexity index is 1020. The minimum absolute atomic E-state index is 0.357. The van der Waals surface area contributed by atoms with Crippen LogP contribution in [0.2, 0.25) is 0 Å². The van der Waals surface area contributed by atoms with Crippen LogP contribution < -0.4 is 5.43 Å². The van der Waals surface area contributed by atoms with Gasteiger partial charge in [0.05, 0.1) is 6.21 Å². The molecule has 6 nitrogen and oxygen atoms in total. The topological polar surface area (TPSA) is 78.8 Å². The summed E-state index contributed by atoms with van der Waals surface area (Å²) < 4.78 is 0. The molecule has 2 N–H and O–H groups in total. The third kappa shape index (κ3) is 2.69. The van der Waals surface area contributed by atoms with Crippen molar-refractivity contribution in [3.05, 3.63) is 59.7 Å². The zero-order chi connectivity index (χ0) is 16.4. The Morgan fingerprint density at radius 1 is 1.08 bits per heavy atom. The van der Waals surface area contributed by atoms with Gasteiger partial charge in [0.2, 0.25) is 0 Å². The van der Waals surface area contributed by atoms with Crippen LogP contribution in [0, 0.1) is 0 Å². The Morgan fingerprint density at radius 2 is 1.92 bits per heavy atom. The third-order valence-corrected chi connectivity index (χ3v) is 3.89. The van der Waals surface area contributed by atoms with Gasteiger partial charge < -0.3 is 4.98 Å². The minimum Gasteiger partial charge on any atom is -0.338 e. The predicted molar refractivity (Wildman–Crippen MR) is 96.2 cm³/mol. The molecule has 2 aromatic carbocycles. The SMILES string of the molecule is CCc1ccc(/C=N/Nc2nnc3c(n2)[nH]c2ccccc23)cc1. The Labute approximate surface area is 138 Å². The van der Waals surface area contributed by atoms with Crippen LogP contribution in [0.3, 0.4) is 0 Å². The second kappa shape index (κ2) is 6.08. The molecule has 0 radical (unpaired) electrons. The fourth-order valence-corrected chi connectivity index (χ4v) is 2.57. The first-order chi connectivity index (χ1) is 11.8. The number of aromatic amines is 1. The highest BCUT2D eigenvalue weighted by Gasteiger charge is 2.07. The van der Waals surface area contributed by atoms with Gasteiger partial charge >= 0.3 is 0 Å². The molecular weight excluding hydrogens is 300 g/mol. The molecule has 4 aromatic rings. The number of H-pyrrole nitrogens is 1. The molecule has 2 aromatic heterocycles. The number of hydrogen-bond acceptors (Lipinski definition) is 5. The molecule has 24 heavy (non-hydrogen) atoms. The van der Waals surface area contributed by atoms with Crippen LogP contribution in [0.25, 0.3) is 22.1 Å². The first-order valence-electron chi connectivity index (χ1n) is 7.82. The van der Waals surface area contributed by atoms with Crippen molar-refractivity contribution in [2.75, 3.05) is 5.43 Å². The van der Waals surface area contributed by atoms with Gasteiger partial charge in [-0.1, -0.05) is 49.4 Å². The van der Waals surface area contributed by atoms with E-state index in [-0.39, 0.29) is 0 Å². The van der Waals surface area contributed by atoms with Crippen LogP contribution >= 0.6 is 0 Å². The van der Waals surface area contributed by atoms with Gasteiger partial charge in [-0.2, -0.15) is 10.1 Å². The molecule has 0 aliphatic rings. The number of nitrogens with one attached hydrogen (secondary N) is 2. The molecule has 0 bridgehead atoms. The number of aromatic nitrogens is 4. The number of aryl methyl sites for hydroxylation is 1. The van der Waals surface area contributed by atoms with E-state index >= 15 is 0 Å². The zero-order valence-electron chi connectivity index (χ0n) is 13.2. The summed E-state index contributed by atoms with van der Waals surface area (Å²) in [4.78, 5) is 7.65. The lowest BCUT2D eigenvalue weighted by atomic mass is 10.1. The van der Waals surface area contributed by atoms with Gasteiger partial charge in [-0.15, -0.1) is 10.2 Å². The van der Waals surface area contributed by atoms with Crippen molar-refractivity contribution in [1.82, 2.24) is 20.2 Å². The predicted octanol–water partition coefficient (Wildman–Crippen LogP) is 3.51. The number of hydrazone groups is 1. The maximum Gasteiger partial charge on any atom is 0.265 e. The van der Waals surface area contributed by atoms with Crippen LogP contribution in [0.5, 0.6) is 0 Å². The van der Waals surface area contributed by atoms with Crippen molar-refractivity contribution in [1.29, 1.82) is 0 Å². The summed E-state index contributed by atoms with van der Waals surface area (Å²) in [5.74, 6) is 0.357. The monoisotopic (exact) mass is 316 g/mol. The molecule has 0 aliphatic carbocycles. The quantitative estimate of drug-likeness (QED) is 0.446. The largest absolute Gasteiger partial charge is 0.338 e. The average Bonchev–Trinajstić information content (AvgIpc) is 3.00. The van der Waals surface area contributed by atoms with Gasteiger partial charge in [0, 0.05) is 10.9 Å². The second-order valence-electron chi connectivity index (χ2n) is 5.47. The van der Waals surface area contributed by atoms with Crippen molar-refractivity contribution >= 4 is 34.2 Å². The van der Waals surface area contributed by atoms with E-state index in [1.165, 1.54) is 5.56 Å². The average molecular weight is 316 g/mol. The van der Waals surface area contributed by atoms with Crippen molar-refractivity contribution in [2.45, 2.75) is 13.3 Å². The Hall–Kier alpha value is -3.28. The highest BCUT2D eigenvalue weighted by molar-refractivity contribution is 6.03. The fraction of sp³-hybridized carbons (Fsp3) is 0.111. The van der Waals surface area contributed by atoms with Crippen LogP contribution in [0.1, 0.15) is 18.1 Å². The van der Waals surface area contributed by atoms with E-state index in [0.717, 1.165) is 28.4 Å². The van der Waals surface area contributed by atoms with Crippen molar-refractivity contribution in [3.8, 4) is 0 Å². The molecule has 0 atom stereocenters. The van der Waals surface area contributed by atoms with E-state index < -0.39 is 0 Å². The standard InChI is InChI=1S/C18H16N6/c1-2-12-7-9-13(10-8-12)11-19-23-18-21-17-16(22-24-18)14-5-3-4-6-15(14)20-17/h3-11H,2H2,1H3,(H2,20,21,23,24)/b19-11+. The first-order valence-corrected chi connectivity index (χ1v) is 7.82. The Morgan fingerprint density at radius 3 is 2.75 bits per heavy atom. The molecular formula is C18H16N6. The highest BCUT2D eigenvalue weighted by atomic mass is 15.4. The lowest BCUT2D eigenvalue weighted by molar-refractivity contribution is 1.01. The van der Waals surface area contributed by atoms with Crippen molar-refractivity contribution in [2.24, 2.45) is 5.10 Å². The molecule has 0 spiro atoms. The first kappa shape index (κ1) is 14.3. The smallest absolute Gasteiger partial charge is 0.265 e. The summed E-state index contributed by atoms with van der Waals surface area (Å²) in [6, 6.07) is 16.2. The molecule has 0 amide bonds. The molecule has 0 aliphatic heterocycles. The summed E-state index contributed by atoms with van der Waals surface area (Å²) in [5, 5.41) is 13.5. The molecule has 0 saturated heterocycles. The van der Waals surface area contributed by atoms with Gasteiger partial charge in [-0.25, -0.2) is 5.43 Å². The summed E-state index contributed by atoms with van der Waals surface area (Å²) in [7, 11) is 0. The third-order valence-electron chi connectivity index (χ3n) is 3.89. The minimum atomic E-state index is 0.357. The number of fused-ring (bicyclic) bond motifs is 3. The molecule has 2 heterocycles. The Kier molecular flexibility index (Phi) is 3.63.